The molecule has 0 aliphatic heterocycles. The predicted octanol–water partition coefficient (Wildman–Crippen LogP) is 1.93. The van der Waals surface area contributed by atoms with Gasteiger partial charge in [0.15, 0.2) is 11.9 Å². The van der Waals surface area contributed by atoms with Crippen LogP contribution in [0.2, 0.25) is 0 Å². The molecule has 0 bridgehead atoms. The molecule has 0 aliphatic carbocycles. The molecule has 6 nitrogen and oxygen atoms in total. The van der Waals surface area contributed by atoms with Gasteiger partial charge in [0.05, 0.1) is 31.2 Å². The molecular formula is C11H11BrN2O4. The van der Waals surface area contributed by atoms with Crippen LogP contribution >= 0.6 is 15.9 Å². The number of halogens is 1. The zero-order chi connectivity index (χ0) is 13.1. The fourth-order valence-electron chi connectivity index (χ4n) is 1.43. The summed E-state index contributed by atoms with van der Waals surface area (Å²) in [6.07, 6.45) is 1.80. The molecule has 2 rings (SSSR count). The molecule has 0 fully saturated rings. The fraction of sp³-hybridized carbons (Fsp3) is 0.273. The van der Waals surface area contributed by atoms with Crippen LogP contribution in [0.4, 0.5) is 0 Å². The zero-order valence-corrected chi connectivity index (χ0v) is 11.3. The minimum Gasteiger partial charge on any atom is -0.480 e. The first kappa shape index (κ1) is 12.8. The van der Waals surface area contributed by atoms with Gasteiger partial charge >= 0.3 is 0 Å². The topological polar surface area (TPSA) is 77.6 Å². The van der Waals surface area contributed by atoms with Crippen molar-refractivity contribution in [2.75, 3.05) is 14.2 Å². The van der Waals surface area contributed by atoms with Crippen molar-refractivity contribution in [2.45, 2.75) is 6.10 Å². The van der Waals surface area contributed by atoms with Gasteiger partial charge < -0.3 is 19.0 Å². The van der Waals surface area contributed by atoms with E-state index in [0.717, 1.165) is 0 Å². The number of hydrogen-bond donors (Lipinski definition) is 1. The summed E-state index contributed by atoms with van der Waals surface area (Å²) >= 11 is 3.27. The quantitative estimate of drug-likeness (QED) is 0.929. The smallest absolute Gasteiger partial charge is 0.241 e. The predicted molar refractivity (Wildman–Crippen MR) is 65.6 cm³/mol. The maximum Gasteiger partial charge on any atom is 0.241 e. The SMILES string of the molecule is COc1cnc(C(O)c2occc2Br)c(OC)n1. The van der Waals surface area contributed by atoms with Crippen LogP contribution in [0, 0.1) is 0 Å². The summed E-state index contributed by atoms with van der Waals surface area (Å²) in [7, 11) is 2.92. The third-order valence-corrected chi connectivity index (χ3v) is 2.95. The Kier molecular flexibility index (Phi) is 3.83. The van der Waals surface area contributed by atoms with Gasteiger partial charge in [-0.2, -0.15) is 4.98 Å². The molecule has 0 aromatic carbocycles. The molecule has 2 heterocycles. The molecule has 0 saturated heterocycles. The van der Waals surface area contributed by atoms with Crippen molar-refractivity contribution in [2.24, 2.45) is 0 Å². The van der Waals surface area contributed by atoms with Crippen LogP contribution in [0.25, 0.3) is 0 Å². The first-order valence-electron chi connectivity index (χ1n) is 5.03. The molecule has 1 unspecified atom stereocenters. The second kappa shape index (κ2) is 5.36. The Morgan fingerprint density at radius 1 is 1.39 bits per heavy atom. The summed E-state index contributed by atoms with van der Waals surface area (Å²) in [5, 5.41) is 10.2. The second-order valence-electron chi connectivity index (χ2n) is 3.34. The number of rotatable bonds is 4. The lowest BCUT2D eigenvalue weighted by molar-refractivity contribution is 0.177. The van der Waals surface area contributed by atoms with E-state index in [4.69, 9.17) is 13.9 Å². The van der Waals surface area contributed by atoms with Crippen molar-refractivity contribution >= 4 is 15.9 Å². The van der Waals surface area contributed by atoms with Gasteiger partial charge in [-0.05, 0) is 22.0 Å². The summed E-state index contributed by atoms with van der Waals surface area (Å²) < 4.78 is 15.8. The highest BCUT2D eigenvalue weighted by molar-refractivity contribution is 9.10. The molecule has 0 amide bonds. The molecule has 0 radical (unpaired) electrons. The number of aliphatic hydroxyl groups is 1. The lowest BCUT2D eigenvalue weighted by atomic mass is 10.2. The van der Waals surface area contributed by atoms with Gasteiger partial charge in [0.25, 0.3) is 0 Å². The molecule has 2 aromatic heterocycles. The van der Waals surface area contributed by atoms with Gasteiger partial charge in [-0.25, -0.2) is 4.98 Å². The lowest BCUT2D eigenvalue weighted by Crippen LogP contribution is -2.07. The van der Waals surface area contributed by atoms with E-state index in [1.165, 1.54) is 26.7 Å². The average molecular weight is 315 g/mol. The maximum absolute atomic E-state index is 10.2. The molecule has 1 atom stereocenters. The minimum absolute atomic E-state index is 0.185. The number of hydrogen-bond acceptors (Lipinski definition) is 6. The highest BCUT2D eigenvalue weighted by Crippen LogP contribution is 2.32. The van der Waals surface area contributed by atoms with E-state index in [9.17, 15) is 5.11 Å². The van der Waals surface area contributed by atoms with Crippen molar-refractivity contribution in [3.8, 4) is 11.8 Å². The molecule has 2 aromatic rings. The summed E-state index contributed by atoms with van der Waals surface area (Å²) in [6.45, 7) is 0. The van der Waals surface area contributed by atoms with E-state index in [0.29, 0.717) is 16.1 Å². The van der Waals surface area contributed by atoms with Crippen LogP contribution in [-0.2, 0) is 0 Å². The largest absolute Gasteiger partial charge is 0.480 e. The van der Waals surface area contributed by atoms with Gasteiger partial charge in [-0.15, -0.1) is 0 Å². The first-order chi connectivity index (χ1) is 8.67. The number of aromatic nitrogens is 2. The minimum atomic E-state index is -1.07. The Labute approximate surface area is 112 Å². The number of aliphatic hydroxyl groups excluding tert-OH is 1. The van der Waals surface area contributed by atoms with Crippen LogP contribution < -0.4 is 9.47 Å². The van der Waals surface area contributed by atoms with E-state index in [1.807, 2.05) is 0 Å². The zero-order valence-electron chi connectivity index (χ0n) is 9.75. The highest BCUT2D eigenvalue weighted by atomic mass is 79.9. The monoisotopic (exact) mass is 314 g/mol. The Balaban J connectivity index is 2.41. The number of ether oxygens (including phenoxy) is 2. The molecule has 7 heteroatoms. The highest BCUT2D eigenvalue weighted by Gasteiger charge is 2.23. The Bertz CT molecular complexity index is 544. The second-order valence-corrected chi connectivity index (χ2v) is 4.20. The van der Waals surface area contributed by atoms with E-state index in [2.05, 4.69) is 25.9 Å². The molecule has 1 N–H and O–H groups in total. The molecular weight excluding hydrogens is 304 g/mol. The Hall–Kier alpha value is -1.60. The van der Waals surface area contributed by atoms with Crippen molar-refractivity contribution in [1.82, 2.24) is 9.97 Å². The van der Waals surface area contributed by atoms with Crippen LogP contribution in [0.3, 0.4) is 0 Å². The van der Waals surface area contributed by atoms with E-state index >= 15 is 0 Å². The normalized spacial score (nSPS) is 12.2. The van der Waals surface area contributed by atoms with Crippen molar-refractivity contribution in [3.05, 3.63) is 34.5 Å². The van der Waals surface area contributed by atoms with Crippen LogP contribution in [0.1, 0.15) is 17.6 Å². The molecule has 96 valence electrons. The summed E-state index contributed by atoms with van der Waals surface area (Å²) in [6, 6.07) is 1.68. The molecule has 0 spiro atoms. The van der Waals surface area contributed by atoms with Crippen molar-refractivity contribution in [1.29, 1.82) is 0 Å². The van der Waals surface area contributed by atoms with Crippen molar-refractivity contribution < 1.29 is 19.0 Å². The van der Waals surface area contributed by atoms with Gasteiger partial charge in [0.2, 0.25) is 11.8 Å². The average Bonchev–Trinajstić information content (AvgIpc) is 2.83. The number of nitrogens with zero attached hydrogens (tertiary/aromatic N) is 2. The van der Waals surface area contributed by atoms with Gasteiger partial charge in [0.1, 0.15) is 5.69 Å². The van der Waals surface area contributed by atoms with E-state index in [-0.39, 0.29) is 11.6 Å². The number of furan rings is 1. The van der Waals surface area contributed by atoms with Gasteiger partial charge in [0, 0.05) is 0 Å². The number of methoxy groups -OCH3 is 2. The molecule has 0 aliphatic rings. The third-order valence-electron chi connectivity index (χ3n) is 2.30. The summed E-state index contributed by atoms with van der Waals surface area (Å²) in [4.78, 5) is 8.12. The first-order valence-corrected chi connectivity index (χ1v) is 5.82. The third kappa shape index (κ3) is 2.32. The van der Waals surface area contributed by atoms with Crippen LogP contribution in [0.15, 0.2) is 27.4 Å². The Morgan fingerprint density at radius 3 is 2.72 bits per heavy atom. The van der Waals surface area contributed by atoms with Gasteiger partial charge in [-0.3, -0.25) is 0 Å². The lowest BCUT2D eigenvalue weighted by Gasteiger charge is -2.12. The van der Waals surface area contributed by atoms with E-state index < -0.39 is 6.10 Å². The fourth-order valence-corrected chi connectivity index (χ4v) is 1.85. The van der Waals surface area contributed by atoms with Crippen molar-refractivity contribution in [3.63, 3.8) is 0 Å². The summed E-state index contributed by atoms with van der Waals surface area (Å²) in [5.74, 6) is 0.833. The van der Waals surface area contributed by atoms with Crippen LogP contribution in [0.5, 0.6) is 11.8 Å². The molecule has 0 saturated carbocycles. The Morgan fingerprint density at radius 2 is 2.17 bits per heavy atom. The maximum atomic E-state index is 10.2. The molecule has 18 heavy (non-hydrogen) atoms. The standard InChI is InChI=1S/C11H11BrN2O4/c1-16-7-5-13-8(11(14-7)17-2)9(15)10-6(12)3-4-18-10/h3-5,9,15H,1-2H3. The van der Waals surface area contributed by atoms with Gasteiger partial charge in [-0.1, -0.05) is 0 Å². The van der Waals surface area contributed by atoms with Crippen LogP contribution in [-0.4, -0.2) is 29.3 Å². The summed E-state index contributed by atoms with van der Waals surface area (Å²) in [5.41, 5.74) is 0.258. The van der Waals surface area contributed by atoms with E-state index in [1.54, 1.807) is 6.07 Å².